The summed E-state index contributed by atoms with van der Waals surface area (Å²) in [6.07, 6.45) is 1.98. The molecule has 0 spiro atoms. The molecule has 0 amide bonds. The van der Waals surface area contributed by atoms with Crippen LogP contribution in [-0.4, -0.2) is 28.5 Å². The minimum Gasteiger partial charge on any atom is -0.383 e. The van der Waals surface area contributed by atoms with E-state index in [-0.39, 0.29) is 0 Å². The quantitative estimate of drug-likeness (QED) is 0.717. The third-order valence-corrected chi connectivity index (χ3v) is 5.20. The molecule has 7 heteroatoms. The van der Waals surface area contributed by atoms with E-state index < -0.39 is 0 Å². The summed E-state index contributed by atoms with van der Waals surface area (Å²) in [5.41, 5.74) is 1.98. The molecule has 0 atom stereocenters. The molecule has 0 aliphatic heterocycles. The first-order valence-corrected chi connectivity index (χ1v) is 8.72. The smallest absolute Gasteiger partial charge is 0.183 e. The van der Waals surface area contributed by atoms with Crippen molar-refractivity contribution in [2.75, 3.05) is 19.0 Å². The fraction of sp³-hybridized carbons (Fsp3) is 0.333. The van der Waals surface area contributed by atoms with Gasteiger partial charge in [-0.3, -0.25) is 4.68 Å². The van der Waals surface area contributed by atoms with Crippen LogP contribution in [-0.2, 0) is 17.8 Å². The lowest BCUT2D eigenvalue weighted by molar-refractivity contribution is 0.183. The van der Waals surface area contributed by atoms with Gasteiger partial charge in [-0.05, 0) is 24.4 Å². The molecule has 1 N–H and O–H groups in total. The van der Waals surface area contributed by atoms with Gasteiger partial charge in [0.2, 0.25) is 0 Å². The van der Waals surface area contributed by atoms with Crippen LogP contribution in [0, 0.1) is 6.92 Å². The standard InChI is InChI=1S/C15H18N4OS2/c1-11-14(13-5-6-19(18-13)7-8-20-2)22-15(17-11)16-10-12-4-3-9-21-12/h3-6,9H,7-8,10H2,1-2H3,(H,16,17). The normalized spacial score (nSPS) is 11.0. The van der Waals surface area contributed by atoms with Crippen molar-refractivity contribution in [1.29, 1.82) is 0 Å². The molecule has 0 saturated heterocycles. The number of thiazole rings is 1. The van der Waals surface area contributed by atoms with E-state index in [0.29, 0.717) is 6.61 Å². The highest BCUT2D eigenvalue weighted by atomic mass is 32.1. The zero-order valence-corrected chi connectivity index (χ0v) is 14.2. The highest BCUT2D eigenvalue weighted by Crippen LogP contribution is 2.31. The van der Waals surface area contributed by atoms with Crippen molar-refractivity contribution in [1.82, 2.24) is 14.8 Å². The minimum atomic E-state index is 0.663. The predicted octanol–water partition coefficient (Wildman–Crippen LogP) is 3.64. The zero-order chi connectivity index (χ0) is 15.4. The molecule has 0 unspecified atom stereocenters. The molecule has 3 rings (SSSR count). The maximum Gasteiger partial charge on any atom is 0.183 e. The van der Waals surface area contributed by atoms with Crippen molar-refractivity contribution in [2.45, 2.75) is 20.0 Å². The van der Waals surface area contributed by atoms with Crippen LogP contribution in [0.2, 0.25) is 0 Å². The van der Waals surface area contributed by atoms with Gasteiger partial charge in [-0.2, -0.15) is 5.10 Å². The molecule has 0 radical (unpaired) electrons. The topological polar surface area (TPSA) is 52.0 Å². The lowest BCUT2D eigenvalue weighted by atomic mass is 10.3. The van der Waals surface area contributed by atoms with Crippen molar-refractivity contribution in [3.05, 3.63) is 40.3 Å². The number of aryl methyl sites for hydroxylation is 1. The van der Waals surface area contributed by atoms with Gasteiger partial charge in [-0.25, -0.2) is 4.98 Å². The Morgan fingerprint density at radius 2 is 2.27 bits per heavy atom. The van der Waals surface area contributed by atoms with Crippen molar-refractivity contribution >= 4 is 27.8 Å². The maximum atomic E-state index is 5.08. The summed E-state index contributed by atoms with van der Waals surface area (Å²) in [7, 11) is 1.70. The first kappa shape index (κ1) is 15.2. The number of rotatable bonds is 7. The Balaban J connectivity index is 1.70. The van der Waals surface area contributed by atoms with Crippen LogP contribution in [0.5, 0.6) is 0 Å². The molecule has 0 bridgehead atoms. The van der Waals surface area contributed by atoms with Crippen LogP contribution in [0.4, 0.5) is 5.13 Å². The number of ether oxygens (including phenoxy) is 1. The van der Waals surface area contributed by atoms with E-state index in [4.69, 9.17) is 4.74 Å². The molecule has 3 aromatic rings. The largest absolute Gasteiger partial charge is 0.383 e. The van der Waals surface area contributed by atoms with Crippen molar-refractivity contribution in [2.24, 2.45) is 0 Å². The molecular formula is C15H18N4OS2. The Labute approximate surface area is 137 Å². The van der Waals surface area contributed by atoms with Crippen LogP contribution in [0.1, 0.15) is 10.6 Å². The maximum absolute atomic E-state index is 5.08. The number of thiophene rings is 1. The predicted molar refractivity (Wildman–Crippen MR) is 91.6 cm³/mol. The molecule has 22 heavy (non-hydrogen) atoms. The average molecular weight is 334 g/mol. The molecular weight excluding hydrogens is 316 g/mol. The summed E-state index contributed by atoms with van der Waals surface area (Å²) in [4.78, 5) is 7.02. The van der Waals surface area contributed by atoms with E-state index in [2.05, 4.69) is 32.9 Å². The molecule has 0 aromatic carbocycles. The third kappa shape index (κ3) is 3.55. The van der Waals surface area contributed by atoms with Crippen LogP contribution >= 0.6 is 22.7 Å². The summed E-state index contributed by atoms with van der Waals surface area (Å²) in [5, 5.41) is 11.0. The number of aromatic nitrogens is 3. The number of hydrogen-bond donors (Lipinski definition) is 1. The highest BCUT2D eigenvalue weighted by Gasteiger charge is 2.12. The van der Waals surface area contributed by atoms with Gasteiger partial charge in [0.05, 0.1) is 30.3 Å². The first-order valence-electron chi connectivity index (χ1n) is 7.02. The van der Waals surface area contributed by atoms with Crippen LogP contribution in [0.25, 0.3) is 10.6 Å². The van der Waals surface area contributed by atoms with E-state index >= 15 is 0 Å². The van der Waals surface area contributed by atoms with E-state index in [0.717, 1.165) is 34.5 Å². The summed E-state index contributed by atoms with van der Waals surface area (Å²) in [6.45, 7) is 4.26. The molecule has 5 nitrogen and oxygen atoms in total. The Bertz CT molecular complexity index is 718. The second kappa shape index (κ2) is 7.04. The number of anilines is 1. The van der Waals surface area contributed by atoms with Crippen molar-refractivity contribution in [3.8, 4) is 10.6 Å². The van der Waals surface area contributed by atoms with Crippen LogP contribution in [0.3, 0.4) is 0 Å². The van der Waals surface area contributed by atoms with Gasteiger partial charge in [-0.1, -0.05) is 17.4 Å². The summed E-state index contributed by atoms with van der Waals surface area (Å²) in [5.74, 6) is 0. The van der Waals surface area contributed by atoms with Gasteiger partial charge < -0.3 is 10.1 Å². The first-order chi connectivity index (χ1) is 10.8. The fourth-order valence-electron chi connectivity index (χ4n) is 2.08. The monoisotopic (exact) mass is 334 g/mol. The van der Waals surface area contributed by atoms with Gasteiger partial charge in [-0.15, -0.1) is 11.3 Å². The number of methoxy groups -OCH3 is 1. The molecule has 116 valence electrons. The average Bonchev–Trinajstić information content (AvgIpc) is 3.24. The molecule has 0 aliphatic carbocycles. The van der Waals surface area contributed by atoms with Gasteiger partial charge in [0, 0.05) is 18.2 Å². The number of nitrogens with one attached hydrogen (secondary N) is 1. The Morgan fingerprint density at radius 1 is 1.36 bits per heavy atom. The second-order valence-corrected chi connectivity index (χ2v) is 6.85. The number of nitrogens with zero attached hydrogens (tertiary/aromatic N) is 3. The second-order valence-electron chi connectivity index (χ2n) is 4.82. The molecule has 0 fully saturated rings. The molecule has 0 aliphatic rings. The molecule has 3 aromatic heterocycles. The van der Waals surface area contributed by atoms with Gasteiger partial charge in [0.25, 0.3) is 0 Å². The van der Waals surface area contributed by atoms with Gasteiger partial charge in [0.15, 0.2) is 5.13 Å². The summed E-state index contributed by atoms with van der Waals surface area (Å²) < 4.78 is 6.98. The Morgan fingerprint density at radius 3 is 3.05 bits per heavy atom. The lowest BCUT2D eigenvalue weighted by Gasteiger charge is -1.99. The fourth-order valence-corrected chi connectivity index (χ4v) is 3.65. The third-order valence-electron chi connectivity index (χ3n) is 3.19. The zero-order valence-electron chi connectivity index (χ0n) is 12.6. The van der Waals surface area contributed by atoms with Gasteiger partial charge >= 0.3 is 0 Å². The minimum absolute atomic E-state index is 0.663. The van der Waals surface area contributed by atoms with E-state index in [1.54, 1.807) is 29.8 Å². The Hall–Kier alpha value is -1.70. The Kier molecular flexibility index (Phi) is 4.87. The SMILES string of the molecule is COCCn1ccc(-c2sc(NCc3cccs3)nc2C)n1. The van der Waals surface area contributed by atoms with Crippen LogP contribution in [0.15, 0.2) is 29.8 Å². The van der Waals surface area contributed by atoms with Gasteiger partial charge in [0.1, 0.15) is 5.69 Å². The summed E-state index contributed by atoms with van der Waals surface area (Å²) in [6, 6.07) is 6.21. The van der Waals surface area contributed by atoms with E-state index in [1.165, 1.54) is 4.88 Å². The molecule has 0 saturated carbocycles. The lowest BCUT2D eigenvalue weighted by Crippen LogP contribution is -2.04. The van der Waals surface area contributed by atoms with Crippen molar-refractivity contribution in [3.63, 3.8) is 0 Å². The van der Waals surface area contributed by atoms with E-state index in [9.17, 15) is 0 Å². The number of hydrogen-bond acceptors (Lipinski definition) is 6. The van der Waals surface area contributed by atoms with Crippen LogP contribution < -0.4 is 5.32 Å². The summed E-state index contributed by atoms with van der Waals surface area (Å²) >= 11 is 3.39. The van der Waals surface area contributed by atoms with Crippen molar-refractivity contribution < 1.29 is 4.74 Å². The molecule has 3 heterocycles. The van der Waals surface area contributed by atoms with E-state index in [1.807, 2.05) is 23.9 Å². The highest BCUT2D eigenvalue weighted by molar-refractivity contribution is 7.19.